The van der Waals surface area contributed by atoms with Gasteiger partial charge in [0, 0.05) is 0 Å². The molecule has 4 rings (SSSR count). The van der Waals surface area contributed by atoms with Crippen LogP contribution in [-0.2, 0) is 10.2 Å². The number of amides is 1. The minimum absolute atomic E-state index is 0.0225. The number of hydrogen-bond donors (Lipinski definition) is 1. The number of rotatable bonds is 10. The molecule has 2 aromatic carbocycles. The first-order valence-electron chi connectivity index (χ1n) is 12.9. The average molecular weight is 569 g/mol. The van der Waals surface area contributed by atoms with Gasteiger partial charge in [-0.2, -0.15) is 15.1 Å². The standard InChI is InChI=1S/C29H33ClN4O4S/c1-6-8-24-33-34-26(31)21(27(35)32-28(34)39-24)15-18-16-22(30)25(23(17-18)36-7-2)38-14-13-37-20-11-9-19(10-12-20)29(3,4)5/h9-12,15-17,31H,6-8,13-14H2,1-5H3. The molecule has 2 heterocycles. The molecule has 0 aromatic heterocycles. The van der Waals surface area contributed by atoms with Crippen LogP contribution in [0, 0.1) is 5.41 Å². The largest absolute Gasteiger partial charge is 0.490 e. The van der Waals surface area contributed by atoms with Gasteiger partial charge in [0.05, 0.1) is 17.2 Å². The van der Waals surface area contributed by atoms with Crippen LogP contribution in [0.2, 0.25) is 5.02 Å². The number of thioether (sulfide) groups is 1. The number of carbonyl (C=O) groups is 1. The molecule has 2 aliphatic rings. The van der Waals surface area contributed by atoms with Gasteiger partial charge in [-0.05, 0) is 78.4 Å². The summed E-state index contributed by atoms with van der Waals surface area (Å²) in [5, 5.41) is 16.0. The van der Waals surface area contributed by atoms with Gasteiger partial charge in [-0.25, -0.2) is 0 Å². The number of nitrogens with one attached hydrogen (secondary N) is 1. The van der Waals surface area contributed by atoms with E-state index in [9.17, 15) is 4.79 Å². The maximum atomic E-state index is 12.7. The van der Waals surface area contributed by atoms with E-state index in [1.165, 1.54) is 22.3 Å². The van der Waals surface area contributed by atoms with Crippen molar-refractivity contribution in [3.63, 3.8) is 0 Å². The fourth-order valence-corrected chi connectivity index (χ4v) is 5.20. The van der Waals surface area contributed by atoms with Crippen molar-refractivity contribution in [3.8, 4) is 17.2 Å². The summed E-state index contributed by atoms with van der Waals surface area (Å²) in [5.74, 6) is 1.07. The lowest BCUT2D eigenvalue weighted by Gasteiger charge is -2.20. The van der Waals surface area contributed by atoms with E-state index in [1.807, 2.05) is 19.1 Å². The summed E-state index contributed by atoms with van der Waals surface area (Å²) >= 11 is 7.91. The van der Waals surface area contributed by atoms with E-state index < -0.39 is 5.91 Å². The lowest BCUT2D eigenvalue weighted by atomic mass is 9.87. The van der Waals surface area contributed by atoms with Gasteiger partial charge in [0.25, 0.3) is 5.91 Å². The average Bonchev–Trinajstić information content (AvgIpc) is 3.28. The van der Waals surface area contributed by atoms with Crippen LogP contribution in [0.25, 0.3) is 6.08 Å². The van der Waals surface area contributed by atoms with Crippen LogP contribution in [0.3, 0.4) is 0 Å². The lowest BCUT2D eigenvalue weighted by molar-refractivity contribution is -0.114. The molecule has 2 aromatic rings. The lowest BCUT2D eigenvalue weighted by Crippen LogP contribution is -2.35. The van der Waals surface area contributed by atoms with Gasteiger partial charge < -0.3 is 14.2 Å². The van der Waals surface area contributed by atoms with Crippen LogP contribution in [0.5, 0.6) is 17.2 Å². The predicted molar refractivity (Wildman–Crippen MR) is 159 cm³/mol. The summed E-state index contributed by atoms with van der Waals surface area (Å²) in [6, 6.07) is 11.4. The maximum Gasteiger partial charge on any atom is 0.283 e. The zero-order valence-electron chi connectivity index (χ0n) is 22.8. The quantitative estimate of drug-likeness (QED) is 0.247. The zero-order chi connectivity index (χ0) is 28.2. The Labute approximate surface area is 238 Å². The fraction of sp³-hybridized carbons (Fsp3) is 0.379. The molecule has 10 heteroatoms. The third-order valence-corrected chi connectivity index (χ3v) is 7.17. The SMILES string of the molecule is CCCC1=NN2C(=N)C(=Cc3cc(Cl)c(OCCOc4ccc(C(C)(C)C)cc4)c(OCC)c3)C(=O)N=C2S1. The minimum atomic E-state index is -0.492. The molecular weight excluding hydrogens is 536 g/mol. The molecule has 0 saturated heterocycles. The third-order valence-electron chi connectivity index (χ3n) is 5.92. The number of halogens is 1. The molecule has 0 radical (unpaired) electrons. The molecular formula is C29H33ClN4O4S. The Hall–Kier alpha value is -3.30. The van der Waals surface area contributed by atoms with Gasteiger partial charge in [-0.15, -0.1) is 0 Å². The summed E-state index contributed by atoms with van der Waals surface area (Å²) in [7, 11) is 0. The van der Waals surface area contributed by atoms with Crippen LogP contribution in [-0.4, -0.2) is 46.8 Å². The number of fused-ring (bicyclic) bond motifs is 1. The van der Waals surface area contributed by atoms with Crippen LogP contribution in [0.4, 0.5) is 0 Å². The Morgan fingerprint density at radius 2 is 1.79 bits per heavy atom. The Balaban J connectivity index is 1.46. The first-order chi connectivity index (χ1) is 18.6. The highest BCUT2D eigenvalue weighted by Gasteiger charge is 2.35. The number of ether oxygens (including phenoxy) is 3. The number of amidine groups is 2. The number of hydrogen-bond acceptors (Lipinski definition) is 7. The van der Waals surface area contributed by atoms with Crippen molar-refractivity contribution < 1.29 is 19.0 Å². The summed E-state index contributed by atoms with van der Waals surface area (Å²) in [6.07, 6.45) is 3.26. The minimum Gasteiger partial charge on any atom is -0.490 e. The Bertz CT molecular complexity index is 1350. The Morgan fingerprint density at radius 3 is 2.46 bits per heavy atom. The molecule has 1 N–H and O–H groups in total. The smallest absolute Gasteiger partial charge is 0.283 e. The predicted octanol–water partition coefficient (Wildman–Crippen LogP) is 6.91. The first kappa shape index (κ1) is 28.7. The fourth-order valence-electron chi connectivity index (χ4n) is 3.94. The number of nitrogens with zero attached hydrogens (tertiary/aromatic N) is 3. The first-order valence-corrected chi connectivity index (χ1v) is 14.1. The van der Waals surface area contributed by atoms with E-state index in [-0.39, 0.29) is 23.4 Å². The summed E-state index contributed by atoms with van der Waals surface area (Å²) in [4.78, 5) is 16.9. The highest BCUT2D eigenvalue weighted by Crippen LogP contribution is 2.38. The van der Waals surface area contributed by atoms with Crippen molar-refractivity contribution in [2.24, 2.45) is 10.1 Å². The molecule has 39 heavy (non-hydrogen) atoms. The molecule has 0 spiro atoms. The monoisotopic (exact) mass is 568 g/mol. The van der Waals surface area contributed by atoms with E-state index >= 15 is 0 Å². The molecule has 0 fully saturated rings. The van der Waals surface area contributed by atoms with Gasteiger partial charge in [0.15, 0.2) is 17.3 Å². The van der Waals surface area contributed by atoms with Crippen LogP contribution in [0.15, 0.2) is 52.1 Å². The van der Waals surface area contributed by atoms with E-state index in [1.54, 1.807) is 18.2 Å². The highest BCUT2D eigenvalue weighted by atomic mass is 35.5. The highest BCUT2D eigenvalue weighted by molar-refractivity contribution is 8.26. The Kier molecular flexibility index (Phi) is 9.02. The van der Waals surface area contributed by atoms with E-state index in [0.717, 1.165) is 23.6 Å². The summed E-state index contributed by atoms with van der Waals surface area (Å²) in [6.45, 7) is 11.4. The van der Waals surface area contributed by atoms with Gasteiger partial charge >= 0.3 is 0 Å². The second kappa shape index (κ2) is 12.3. The number of hydrazone groups is 1. The normalized spacial score (nSPS) is 16.3. The van der Waals surface area contributed by atoms with Crippen LogP contribution >= 0.6 is 23.4 Å². The second-order valence-electron chi connectivity index (χ2n) is 10.00. The molecule has 1 amide bonds. The summed E-state index contributed by atoms with van der Waals surface area (Å²) in [5.41, 5.74) is 2.03. The maximum absolute atomic E-state index is 12.7. The van der Waals surface area contributed by atoms with E-state index in [0.29, 0.717) is 40.5 Å². The van der Waals surface area contributed by atoms with Gasteiger partial charge in [0.2, 0.25) is 5.17 Å². The van der Waals surface area contributed by atoms with Crippen molar-refractivity contribution in [2.45, 2.75) is 52.9 Å². The molecule has 0 bridgehead atoms. The molecule has 0 aliphatic carbocycles. The molecule has 0 saturated carbocycles. The Morgan fingerprint density at radius 1 is 1.08 bits per heavy atom. The molecule has 0 atom stereocenters. The van der Waals surface area contributed by atoms with E-state index in [2.05, 4.69) is 49.9 Å². The number of carbonyl (C=O) groups excluding carboxylic acids is 1. The molecule has 2 aliphatic heterocycles. The number of benzene rings is 2. The van der Waals surface area contributed by atoms with Gasteiger partial charge in [-0.1, -0.05) is 51.4 Å². The van der Waals surface area contributed by atoms with Crippen molar-refractivity contribution >= 4 is 51.4 Å². The second-order valence-corrected chi connectivity index (χ2v) is 11.4. The van der Waals surface area contributed by atoms with Crippen LogP contribution < -0.4 is 14.2 Å². The summed E-state index contributed by atoms with van der Waals surface area (Å²) < 4.78 is 17.6. The zero-order valence-corrected chi connectivity index (χ0v) is 24.4. The third kappa shape index (κ3) is 6.83. The topological polar surface area (TPSA) is 96.6 Å². The van der Waals surface area contributed by atoms with Crippen molar-refractivity contribution in [1.82, 2.24) is 5.01 Å². The van der Waals surface area contributed by atoms with E-state index in [4.69, 9.17) is 31.2 Å². The van der Waals surface area contributed by atoms with Crippen molar-refractivity contribution in [1.29, 1.82) is 5.41 Å². The van der Waals surface area contributed by atoms with Gasteiger partial charge in [0.1, 0.15) is 24.0 Å². The number of aliphatic imine (C=N–C) groups is 1. The van der Waals surface area contributed by atoms with Crippen LogP contribution in [0.1, 0.15) is 58.6 Å². The van der Waals surface area contributed by atoms with Crippen molar-refractivity contribution in [2.75, 3.05) is 19.8 Å². The van der Waals surface area contributed by atoms with Gasteiger partial charge in [-0.3, -0.25) is 10.2 Å². The molecule has 8 nitrogen and oxygen atoms in total. The molecule has 206 valence electrons. The van der Waals surface area contributed by atoms with Crippen molar-refractivity contribution in [3.05, 3.63) is 58.1 Å². The molecule has 0 unspecified atom stereocenters.